The van der Waals surface area contributed by atoms with Crippen LogP contribution in [-0.4, -0.2) is 30.3 Å². The summed E-state index contributed by atoms with van der Waals surface area (Å²) in [6.45, 7) is 1.55. The number of carbonyl (C=O) groups excluding carboxylic acids is 1. The van der Waals surface area contributed by atoms with Crippen LogP contribution in [0.2, 0.25) is 0 Å². The maximum Gasteiger partial charge on any atom is 0.352 e. The number of carboxylic acid groups (broad SMARTS) is 1. The lowest BCUT2D eigenvalue weighted by Gasteiger charge is -2.14. The van der Waals surface area contributed by atoms with Gasteiger partial charge in [0, 0.05) is 0 Å². The molecule has 6 heteroatoms. The molecule has 6 nitrogen and oxygen atoms in total. The van der Waals surface area contributed by atoms with Crippen molar-refractivity contribution in [3.63, 3.8) is 0 Å². The molecule has 1 unspecified atom stereocenters. The quantitative estimate of drug-likeness (QED) is 0.652. The highest BCUT2D eigenvalue weighted by Gasteiger charge is 2.18. The van der Waals surface area contributed by atoms with Gasteiger partial charge in [-0.15, -0.1) is 0 Å². The second-order valence-electron chi connectivity index (χ2n) is 4.69. The number of ether oxygens (including phenoxy) is 3. The van der Waals surface area contributed by atoms with Crippen molar-refractivity contribution in [1.82, 2.24) is 0 Å². The zero-order valence-corrected chi connectivity index (χ0v) is 12.7. The van der Waals surface area contributed by atoms with Crippen molar-refractivity contribution in [3.8, 4) is 17.2 Å². The Hall–Kier alpha value is -3.02. The minimum Gasteiger partial charge on any atom is -0.497 e. The largest absolute Gasteiger partial charge is 0.497 e. The second-order valence-corrected chi connectivity index (χ2v) is 4.69. The summed E-state index contributed by atoms with van der Waals surface area (Å²) in [6, 6.07) is 12.5. The van der Waals surface area contributed by atoms with Crippen LogP contribution in [0.3, 0.4) is 0 Å². The molecule has 0 radical (unpaired) electrons. The summed E-state index contributed by atoms with van der Waals surface area (Å²) in [4.78, 5) is 22.9. The molecule has 0 spiro atoms. The molecule has 0 heterocycles. The first kappa shape index (κ1) is 16.4. The Labute approximate surface area is 133 Å². The van der Waals surface area contributed by atoms with E-state index in [2.05, 4.69) is 0 Å². The monoisotopic (exact) mass is 316 g/mol. The number of aromatic carboxylic acids is 1. The van der Waals surface area contributed by atoms with E-state index in [9.17, 15) is 9.59 Å². The molecule has 0 amide bonds. The number of carboxylic acids is 1. The molecule has 0 saturated carbocycles. The van der Waals surface area contributed by atoms with Crippen molar-refractivity contribution in [2.45, 2.75) is 13.0 Å². The molecular formula is C17H16O6. The minimum atomic E-state index is -1.09. The van der Waals surface area contributed by atoms with Gasteiger partial charge in [0.1, 0.15) is 17.2 Å². The maximum atomic E-state index is 12.0. The SMILES string of the molecule is COc1ccc(OC(C)C(=O)Oc2cccc(C(=O)O)c2)cc1. The number of hydrogen-bond donors (Lipinski definition) is 1. The zero-order chi connectivity index (χ0) is 16.8. The molecule has 0 fully saturated rings. The van der Waals surface area contributed by atoms with E-state index in [0.29, 0.717) is 11.5 Å². The minimum absolute atomic E-state index is 0.0408. The third-order valence-corrected chi connectivity index (χ3v) is 3.00. The third kappa shape index (κ3) is 4.47. The highest BCUT2D eigenvalue weighted by molar-refractivity contribution is 5.88. The number of rotatable bonds is 6. The first-order valence-electron chi connectivity index (χ1n) is 6.85. The Morgan fingerprint density at radius 3 is 2.26 bits per heavy atom. The van der Waals surface area contributed by atoms with Crippen LogP contribution < -0.4 is 14.2 Å². The summed E-state index contributed by atoms with van der Waals surface area (Å²) in [7, 11) is 1.56. The molecule has 0 aliphatic rings. The van der Waals surface area contributed by atoms with Gasteiger partial charge in [-0.3, -0.25) is 0 Å². The van der Waals surface area contributed by atoms with Crippen molar-refractivity contribution in [1.29, 1.82) is 0 Å². The van der Waals surface area contributed by atoms with Crippen LogP contribution in [0, 0.1) is 0 Å². The van der Waals surface area contributed by atoms with Crippen LogP contribution in [-0.2, 0) is 4.79 Å². The third-order valence-electron chi connectivity index (χ3n) is 3.00. The van der Waals surface area contributed by atoms with Gasteiger partial charge in [0.15, 0.2) is 6.10 Å². The molecule has 2 rings (SSSR count). The topological polar surface area (TPSA) is 82.1 Å². The van der Waals surface area contributed by atoms with Crippen LogP contribution in [0.5, 0.6) is 17.2 Å². The average Bonchev–Trinajstić information content (AvgIpc) is 2.55. The van der Waals surface area contributed by atoms with Crippen molar-refractivity contribution in [2.24, 2.45) is 0 Å². The van der Waals surface area contributed by atoms with Crippen molar-refractivity contribution in [2.75, 3.05) is 7.11 Å². The second kappa shape index (κ2) is 7.31. The fourth-order valence-electron chi connectivity index (χ4n) is 1.80. The van der Waals surface area contributed by atoms with E-state index in [4.69, 9.17) is 19.3 Å². The average molecular weight is 316 g/mol. The van der Waals surface area contributed by atoms with Gasteiger partial charge in [-0.05, 0) is 49.4 Å². The number of benzene rings is 2. The molecule has 2 aromatic rings. The predicted octanol–water partition coefficient (Wildman–Crippen LogP) is 2.77. The van der Waals surface area contributed by atoms with E-state index >= 15 is 0 Å². The highest BCUT2D eigenvalue weighted by Crippen LogP contribution is 2.19. The van der Waals surface area contributed by atoms with Crippen LogP contribution >= 0.6 is 0 Å². The van der Waals surface area contributed by atoms with E-state index in [-0.39, 0.29) is 11.3 Å². The van der Waals surface area contributed by atoms with Crippen LogP contribution in [0.1, 0.15) is 17.3 Å². The molecule has 0 bridgehead atoms. The molecule has 0 saturated heterocycles. The van der Waals surface area contributed by atoms with Gasteiger partial charge < -0.3 is 19.3 Å². The number of carbonyl (C=O) groups is 2. The van der Waals surface area contributed by atoms with E-state index in [1.807, 2.05) is 0 Å². The molecule has 1 atom stereocenters. The Kier molecular flexibility index (Phi) is 5.19. The summed E-state index contributed by atoms with van der Waals surface area (Å²) in [5.74, 6) is -0.388. The summed E-state index contributed by atoms with van der Waals surface area (Å²) >= 11 is 0. The van der Waals surface area contributed by atoms with E-state index in [1.165, 1.54) is 24.3 Å². The molecule has 0 aliphatic carbocycles. The molecule has 23 heavy (non-hydrogen) atoms. The van der Waals surface area contributed by atoms with Gasteiger partial charge in [-0.2, -0.15) is 0 Å². The van der Waals surface area contributed by atoms with Crippen molar-refractivity contribution < 1.29 is 28.9 Å². The molecule has 2 aromatic carbocycles. The normalized spacial score (nSPS) is 11.4. The maximum absolute atomic E-state index is 12.0. The lowest BCUT2D eigenvalue weighted by molar-refractivity contribution is -0.141. The van der Waals surface area contributed by atoms with Crippen LogP contribution in [0.15, 0.2) is 48.5 Å². The molecule has 120 valence electrons. The van der Waals surface area contributed by atoms with Gasteiger partial charge in [0.25, 0.3) is 0 Å². The van der Waals surface area contributed by atoms with Crippen LogP contribution in [0.25, 0.3) is 0 Å². The van der Waals surface area contributed by atoms with Gasteiger partial charge in [-0.1, -0.05) is 6.07 Å². The summed E-state index contributed by atoms with van der Waals surface area (Å²) in [5, 5.41) is 8.91. The highest BCUT2D eigenvalue weighted by atomic mass is 16.6. The van der Waals surface area contributed by atoms with E-state index in [1.54, 1.807) is 38.3 Å². The van der Waals surface area contributed by atoms with Crippen molar-refractivity contribution in [3.05, 3.63) is 54.1 Å². The Bertz CT molecular complexity index is 692. The van der Waals surface area contributed by atoms with Crippen molar-refractivity contribution >= 4 is 11.9 Å². The molecule has 1 N–H and O–H groups in total. The Balaban J connectivity index is 1.99. The lowest BCUT2D eigenvalue weighted by atomic mass is 10.2. The first-order valence-corrected chi connectivity index (χ1v) is 6.85. The van der Waals surface area contributed by atoms with Crippen LogP contribution in [0.4, 0.5) is 0 Å². The molecular weight excluding hydrogens is 300 g/mol. The fourth-order valence-corrected chi connectivity index (χ4v) is 1.80. The summed E-state index contributed by atoms with van der Waals surface area (Å²) in [5.41, 5.74) is 0.0408. The van der Waals surface area contributed by atoms with Gasteiger partial charge >= 0.3 is 11.9 Å². The summed E-state index contributed by atoms with van der Waals surface area (Å²) in [6.07, 6.45) is -0.850. The fraction of sp³-hybridized carbons (Fsp3) is 0.176. The Morgan fingerprint density at radius 2 is 1.65 bits per heavy atom. The first-order chi connectivity index (χ1) is 11.0. The Morgan fingerprint density at radius 1 is 1.00 bits per heavy atom. The lowest BCUT2D eigenvalue weighted by Crippen LogP contribution is -2.28. The zero-order valence-electron chi connectivity index (χ0n) is 12.7. The van der Waals surface area contributed by atoms with E-state index < -0.39 is 18.0 Å². The van der Waals surface area contributed by atoms with E-state index in [0.717, 1.165) is 0 Å². The molecule has 0 aromatic heterocycles. The number of esters is 1. The standard InChI is InChI=1S/C17H16O6/c1-11(22-14-8-6-13(21-2)7-9-14)17(20)23-15-5-3-4-12(10-15)16(18)19/h3-11H,1-2H3,(H,18,19). The smallest absolute Gasteiger partial charge is 0.352 e. The summed E-state index contributed by atoms with van der Waals surface area (Å²) < 4.78 is 15.6. The predicted molar refractivity (Wildman–Crippen MR) is 82.1 cm³/mol. The number of hydrogen-bond acceptors (Lipinski definition) is 5. The van der Waals surface area contributed by atoms with Gasteiger partial charge in [0.2, 0.25) is 0 Å². The molecule has 0 aliphatic heterocycles. The number of methoxy groups -OCH3 is 1. The van der Waals surface area contributed by atoms with Gasteiger partial charge in [0.05, 0.1) is 12.7 Å². The van der Waals surface area contributed by atoms with Gasteiger partial charge in [-0.25, -0.2) is 9.59 Å².